The Labute approximate surface area is 172 Å². The van der Waals surface area contributed by atoms with Crippen LogP contribution >= 0.6 is 0 Å². The zero-order valence-corrected chi connectivity index (χ0v) is 17.4. The van der Waals surface area contributed by atoms with Gasteiger partial charge in [-0.05, 0) is 49.1 Å². The first-order chi connectivity index (χ1) is 14.0. The summed E-state index contributed by atoms with van der Waals surface area (Å²) in [6.45, 7) is 6.16. The van der Waals surface area contributed by atoms with Crippen LogP contribution in [0, 0.1) is 12.7 Å². The lowest BCUT2D eigenvalue weighted by molar-refractivity contribution is -0.133. The standard InChI is InChI=1S/C24H29FN2O2/c1-16-6-7-19(23(13-16)29-3)14-26-15-21(18-8-10-20(25)11-9-18)24-22(26)5-4-12-27(24)17(2)28/h6-11,13,21-22,24H,4-5,12,14-15H2,1-3H3/t21-,22-,24-/m1/s1. The minimum atomic E-state index is -0.225. The zero-order chi connectivity index (χ0) is 20.5. The average Bonchev–Trinajstić information content (AvgIpc) is 3.08. The molecule has 154 valence electrons. The Morgan fingerprint density at radius 1 is 1.21 bits per heavy atom. The van der Waals surface area contributed by atoms with Crippen molar-refractivity contribution < 1.29 is 13.9 Å². The molecule has 4 nitrogen and oxygen atoms in total. The van der Waals surface area contributed by atoms with E-state index in [1.54, 1.807) is 14.0 Å². The van der Waals surface area contributed by atoms with Gasteiger partial charge < -0.3 is 9.64 Å². The number of halogens is 1. The molecule has 1 amide bonds. The molecule has 0 aromatic heterocycles. The summed E-state index contributed by atoms with van der Waals surface area (Å²) in [5.74, 6) is 0.991. The van der Waals surface area contributed by atoms with Gasteiger partial charge in [-0.15, -0.1) is 0 Å². The van der Waals surface area contributed by atoms with Crippen LogP contribution in [0.3, 0.4) is 0 Å². The van der Waals surface area contributed by atoms with Gasteiger partial charge in [0.25, 0.3) is 0 Å². The number of benzene rings is 2. The van der Waals surface area contributed by atoms with Crippen LogP contribution in [-0.4, -0.2) is 48.0 Å². The van der Waals surface area contributed by atoms with E-state index in [0.29, 0.717) is 6.04 Å². The maximum Gasteiger partial charge on any atom is 0.219 e. The van der Waals surface area contributed by atoms with Crippen molar-refractivity contribution in [2.75, 3.05) is 20.2 Å². The highest BCUT2D eigenvalue weighted by Crippen LogP contribution is 2.41. The van der Waals surface area contributed by atoms with Gasteiger partial charge in [0.1, 0.15) is 11.6 Å². The molecule has 0 radical (unpaired) electrons. The highest BCUT2D eigenvalue weighted by molar-refractivity contribution is 5.74. The molecule has 2 aromatic rings. The fourth-order valence-corrected chi connectivity index (χ4v) is 5.14. The Bertz CT molecular complexity index is 883. The molecule has 0 saturated carbocycles. The number of hydrogen-bond acceptors (Lipinski definition) is 3. The highest BCUT2D eigenvalue weighted by atomic mass is 19.1. The zero-order valence-electron chi connectivity index (χ0n) is 17.4. The van der Waals surface area contributed by atoms with Crippen molar-refractivity contribution in [1.82, 2.24) is 9.80 Å². The van der Waals surface area contributed by atoms with E-state index in [9.17, 15) is 9.18 Å². The molecular weight excluding hydrogens is 367 g/mol. The van der Waals surface area contributed by atoms with Crippen molar-refractivity contribution in [3.05, 3.63) is 65.0 Å². The fraction of sp³-hybridized carbons (Fsp3) is 0.458. The predicted molar refractivity (Wildman–Crippen MR) is 111 cm³/mol. The number of aryl methyl sites for hydroxylation is 1. The minimum Gasteiger partial charge on any atom is -0.496 e. The number of piperidine rings is 1. The molecule has 0 N–H and O–H groups in total. The molecule has 2 saturated heterocycles. The summed E-state index contributed by atoms with van der Waals surface area (Å²) in [7, 11) is 1.71. The molecule has 2 aliphatic rings. The Morgan fingerprint density at radius 2 is 1.97 bits per heavy atom. The topological polar surface area (TPSA) is 32.8 Å². The van der Waals surface area contributed by atoms with Crippen LogP contribution in [0.1, 0.15) is 42.4 Å². The fourth-order valence-electron chi connectivity index (χ4n) is 5.14. The van der Waals surface area contributed by atoms with Crippen molar-refractivity contribution in [3.8, 4) is 5.75 Å². The number of likely N-dealkylation sites (tertiary alicyclic amines) is 2. The molecule has 29 heavy (non-hydrogen) atoms. The van der Waals surface area contributed by atoms with Crippen molar-refractivity contribution in [3.63, 3.8) is 0 Å². The van der Waals surface area contributed by atoms with Crippen LogP contribution < -0.4 is 4.74 Å². The SMILES string of the molecule is COc1cc(C)ccc1CN1C[C@H](c2ccc(F)cc2)[C@@H]2[C@H]1CCCN2C(C)=O. The number of amides is 1. The Morgan fingerprint density at radius 3 is 2.66 bits per heavy atom. The van der Waals surface area contributed by atoms with E-state index in [2.05, 4.69) is 30.0 Å². The van der Waals surface area contributed by atoms with Crippen LogP contribution in [-0.2, 0) is 11.3 Å². The molecule has 2 aliphatic heterocycles. The Balaban J connectivity index is 1.67. The molecular formula is C24H29FN2O2. The van der Waals surface area contributed by atoms with Gasteiger partial charge in [-0.1, -0.05) is 24.3 Å². The van der Waals surface area contributed by atoms with E-state index in [4.69, 9.17) is 4.74 Å². The van der Waals surface area contributed by atoms with E-state index < -0.39 is 0 Å². The van der Waals surface area contributed by atoms with E-state index in [-0.39, 0.29) is 23.7 Å². The molecule has 3 atom stereocenters. The molecule has 4 rings (SSSR count). The molecule has 0 spiro atoms. The van der Waals surface area contributed by atoms with Gasteiger partial charge in [-0.2, -0.15) is 0 Å². The lowest BCUT2D eigenvalue weighted by atomic mass is 9.86. The third-order valence-electron chi connectivity index (χ3n) is 6.48. The third kappa shape index (κ3) is 3.88. The number of carbonyl (C=O) groups is 1. The summed E-state index contributed by atoms with van der Waals surface area (Å²) in [4.78, 5) is 16.9. The molecule has 0 bridgehead atoms. The first-order valence-electron chi connectivity index (χ1n) is 10.4. The van der Waals surface area contributed by atoms with Crippen LogP contribution in [0.15, 0.2) is 42.5 Å². The van der Waals surface area contributed by atoms with E-state index >= 15 is 0 Å². The largest absolute Gasteiger partial charge is 0.496 e. The van der Waals surface area contributed by atoms with Crippen molar-refractivity contribution >= 4 is 5.91 Å². The van der Waals surface area contributed by atoms with Gasteiger partial charge >= 0.3 is 0 Å². The molecule has 0 aliphatic carbocycles. The number of fused-ring (bicyclic) bond motifs is 1. The van der Waals surface area contributed by atoms with E-state index in [1.807, 2.05) is 17.0 Å². The van der Waals surface area contributed by atoms with Crippen molar-refractivity contribution in [1.29, 1.82) is 0 Å². The maximum absolute atomic E-state index is 13.5. The van der Waals surface area contributed by atoms with Gasteiger partial charge in [0.2, 0.25) is 5.91 Å². The molecule has 2 fully saturated rings. The smallest absolute Gasteiger partial charge is 0.219 e. The average molecular weight is 397 g/mol. The number of hydrogen-bond donors (Lipinski definition) is 0. The van der Waals surface area contributed by atoms with Crippen LogP contribution in [0.4, 0.5) is 4.39 Å². The second kappa shape index (κ2) is 8.15. The molecule has 2 aromatic carbocycles. The van der Waals surface area contributed by atoms with Gasteiger partial charge in [-0.3, -0.25) is 9.69 Å². The summed E-state index contributed by atoms with van der Waals surface area (Å²) in [6.07, 6.45) is 2.08. The summed E-state index contributed by atoms with van der Waals surface area (Å²) in [5.41, 5.74) is 3.44. The molecule has 5 heteroatoms. The van der Waals surface area contributed by atoms with E-state index in [0.717, 1.165) is 49.4 Å². The monoisotopic (exact) mass is 396 g/mol. The predicted octanol–water partition coefficient (Wildman–Crippen LogP) is 4.12. The van der Waals surface area contributed by atoms with E-state index in [1.165, 1.54) is 17.7 Å². The normalized spacial score (nSPS) is 24.4. The number of carbonyl (C=O) groups excluding carboxylic acids is 1. The van der Waals surface area contributed by atoms with Gasteiger partial charge in [0, 0.05) is 44.1 Å². The van der Waals surface area contributed by atoms with Crippen LogP contribution in [0.5, 0.6) is 5.75 Å². The summed E-state index contributed by atoms with van der Waals surface area (Å²) in [5, 5.41) is 0. The second-order valence-electron chi connectivity index (χ2n) is 8.32. The third-order valence-corrected chi connectivity index (χ3v) is 6.48. The number of methoxy groups -OCH3 is 1. The maximum atomic E-state index is 13.5. The number of rotatable bonds is 4. The van der Waals surface area contributed by atoms with Gasteiger partial charge in [0.05, 0.1) is 13.2 Å². The minimum absolute atomic E-state index is 0.126. The first kappa shape index (κ1) is 19.9. The van der Waals surface area contributed by atoms with Gasteiger partial charge in [-0.25, -0.2) is 4.39 Å². The van der Waals surface area contributed by atoms with Crippen molar-refractivity contribution in [2.45, 2.75) is 51.2 Å². The Kier molecular flexibility index (Phi) is 5.59. The van der Waals surface area contributed by atoms with Crippen LogP contribution in [0.25, 0.3) is 0 Å². The summed E-state index contributed by atoms with van der Waals surface area (Å²) in [6, 6.07) is 13.6. The summed E-state index contributed by atoms with van der Waals surface area (Å²) >= 11 is 0. The van der Waals surface area contributed by atoms with Gasteiger partial charge in [0.15, 0.2) is 0 Å². The van der Waals surface area contributed by atoms with Crippen molar-refractivity contribution in [2.24, 2.45) is 0 Å². The number of nitrogens with zero attached hydrogens (tertiary/aromatic N) is 2. The summed E-state index contributed by atoms with van der Waals surface area (Å²) < 4.78 is 19.1. The lowest BCUT2D eigenvalue weighted by Crippen LogP contribution is -2.52. The number of ether oxygens (including phenoxy) is 1. The Hall–Kier alpha value is -2.40. The first-order valence-corrected chi connectivity index (χ1v) is 10.4. The molecule has 2 heterocycles. The highest BCUT2D eigenvalue weighted by Gasteiger charge is 2.47. The molecule has 0 unspecified atom stereocenters. The van der Waals surface area contributed by atoms with Crippen LogP contribution in [0.2, 0.25) is 0 Å². The lowest BCUT2D eigenvalue weighted by Gasteiger charge is -2.41. The second-order valence-corrected chi connectivity index (χ2v) is 8.32. The quantitative estimate of drug-likeness (QED) is 0.779.